The summed E-state index contributed by atoms with van der Waals surface area (Å²) in [4.78, 5) is 16.4. The molecule has 0 amide bonds. The van der Waals surface area contributed by atoms with Gasteiger partial charge >= 0.3 is 5.97 Å². The van der Waals surface area contributed by atoms with Crippen molar-refractivity contribution in [1.82, 2.24) is 0 Å². The van der Waals surface area contributed by atoms with E-state index in [4.69, 9.17) is 9.47 Å². The second kappa shape index (κ2) is 7.49. The molecule has 0 fully saturated rings. The van der Waals surface area contributed by atoms with Crippen molar-refractivity contribution in [3.8, 4) is 5.75 Å². The molecule has 0 unspecified atom stereocenters. The number of cyclic esters (lactones) is 1. The van der Waals surface area contributed by atoms with Crippen LogP contribution in [0.3, 0.4) is 0 Å². The van der Waals surface area contributed by atoms with Gasteiger partial charge in [-0.3, -0.25) is 0 Å². The first-order chi connectivity index (χ1) is 12.0. The highest BCUT2D eigenvalue weighted by atomic mass is 79.9. The summed E-state index contributed by atoms with van der Waals surface area (Å²) in [5.41, 5.74) is 2.76. The number of benzene rings is 2. The summed E-state index contributed by atoms with van der Waals surface area (Å²) in [5.74, 6) is 0.547. The number of nitrogens with zero attached hydrogens (tertiary/aromatic N) is 1. The van der Waals surface area contributed by atoms with Crippen LogP contribution in [0.5, 0.6) is 5.75 Å². The molecule has 3 rings (SSSR count). The van der Waals surface area contributed by atoms with Crippen LogP contribution in [0.15, 0.2) is 75.8 Å². The van der Waals surface area contributed by atoms with E-state index in [1.165, 1.54) is 0 Å². The van der Waals surface area contributed by atoms with Crippen molar-refractivity contribution in [3.63, 3.8) is 0 Å². The third-order valence-electron chi connectivity index (χ3n) is 3.36. The molecule has 4 nitrogen and oxygen atoms in total. The summed E-state index contributed by atoms with van der Waals surface area (Å²) in [6, 6.07) is 14.9. The quantitative estimate of drug-likeness (QED) is 0.415. The van der Waals surface area contributed by atoms with Gasteiger partial charge in [0.2, 0.25) is 5.90 Å². The highest BCUT2D eigenvalue weighted by molar-refractivity contribution is 9.10. The van der Waals surface area contributed by atoms with Crippen LogP contribution in [0.2, 0.25) is 0 Å². The number of ether oxygens (including phenoxy) is 2. The van der Waals surface area contributed by atoms with E-state index in [2.05, 4.69) is 27.5 Å². The van der Waals surface area contributed by atoms with Gasteiger partial charge in [0, 0.05) is 10.0 Å². The maximum Gasteiger partial charge on any atom is 0.363 e. The Morgan fingerprint density at radius 2 is 2.04 bits per heavy atom. The highest BCUT2D eigenvalue weighted by Gasteiger charge is 2.24. The van der Waals surface area contributed by atoms with Crippen molar-refractivity contribution >= 4 is 33.9 Å². The summed E-state index contributed by atoms with van der Waals surface area (Å²) in [5, 5.41) is 0. The number of rotatable bonds is 5. The minimum absolute atomic E-state index is 0.259. The molecule has 0 saturated heterocycles. The lowest BCUT2D eigenvalue weighted by Crippen LogP contribution is -2.05. The van der Waals surface area contributed by atoms with Crippen molar-refractivity contribution < 1.29 is 14.3 Å². The molecule has 2 aromatic rings. The van der Waals surface area contributed by atoms with Crippen molar-refractivity contribution in [2.24, 2.45) is 4.99 Å². The van der Waals surface area contributed by atoms with E-state index in [1.54, 1.807) is 6.08 Å². The molecule has 1 aliphatic heterocycles. The molecular weight excluding hydrogens is 382 g/mol. The Balaban J connectivity index is 1.83. The number of carbonyl (C=O) groups excluding carboxylic acids is 1. The maximum atomic E-state index is 12.1. The lowest BCUT2D eigenvalue weighted by Gasteiger charge is -2.06. The summed E-state index contributed by atoms with van der Waals surface area (Å²) in [7, 11) is 0. The average Bonchev–Trinajstić information content (AvgIpc) is 2.95. The average molecular weight is 398 g/mol. The molecule has 0 radical (unpaired) electrons. The number of esters is 1. The zero-order chi connectivity index (χ0) is 17.8. The zero-order valence-electron chi connectivity index (χ0n) is 13.7. The molecule has 126 valence electrons. The van der Waals surface area contributed by atoms with Crippen LogP contribution in [-0.2, 0) is 9.53 Å². The minimum atomic E-state index is -0.467. The Kier molecular flexibility index (Phi) is 5.14. The van der Waals surface area contributed by atoms with Crippen molar-refractivity contribution in [3.05, 3.63) is 82.0 Å². The van der Waals surface area contributed by atoms with Gasteiger partial charge in [0.25, 0.3) is 0 Å². The van der Waals surface area contributed by atoms with E-state index in [-0.39, 0.29) is 5.70 Å². The number of hydrogen-bond acceptors (Lipinski definition) is 4. The third-order valence-corrected chi connectivity index (χ3v) is 3.89. The third kappa shape index (κ3) is 4.45. The second-order valence-electron chi connectivity index (χ2n) is 5.66. The van der Waals surface area contributed by atoms with Crippen LogP contribution in [0.4, 0.5) is 0 Å². The summed E-state index contributed by atoms with van der Waals surface area (Å²) >= 11 is 3.37. The van der Waals surface area contributed by atoms with Gasteiger partial charge in [-0.2, -0.15) is 0 Å². The van der Waals surface area contributed by atoms with Crippen LogP contribution < -0.4 is 4.74 Å². The lowest BCUT2D eigenvalue weighted by atomic mass is 10.2. The molecule has 5 heteroatoms. The van der Waals surface area contributed by atoms with Crippen LogP contribution in [0.1, 0.15) is 18.1 Å². The minimum Gasteiger partial charge on any atom is -0.489 e. The fourth-order valence-corrected chi connectivity index (χ4v) is 2.45. The SMILES string of the molecule is C=C(C)COc1cccc(C=C2N=C(c3ccc(Br)cc3)OC2=O)c1. The molecule has 0 aliphatic carbocycles. The Bertz CT molecular complexity index is 882. The van der Waals surface area contributed by atoms with E-state index in [1.807, 2.05) is 55.5 Å². The molecular formula is C20H16BrNO3. The van der Waals surface area contributed by atoms with Gasteiger partial charge in [0.1, 0.15) is 12.4 Å². The molecule has 0 N–H and O–H groups in total. The van der Waals surface area contributed by atoms with E-state index in [0.717, 1.165) is 21.2 Å². The molecule has 0 saturated carbocycles. The Morgan fingerprint density at radius 1 is 1.28 bits per heavy atom. The fraction of sp³-hybridized carbons (Fsp3) is 0.100. The number of aliphatic imine (C=N–C) groups is 1. The summed E-state index contributed by atoms with van der Waals surface area (Å²) < 4.78 is 11.8. The van der Waals surface area contributed by atoms with Gasteiger partial charge in [-0.05, 0) is 60.5 Å². The predicted molar refractivity (Wildman–Crippen MR) is 101 cm³/mol. The van der Waals surface area contributed by atoms with E-state index in [0.29, 0.717) is 18.3 Å². The van der Waals surface area contributed by atoms with Crippen LogP contribution in [-0.4, -0.2) is 18.5 Å². The maximum absolute atomic E-state index is 12.1. The molecule has 0 atom stereocenters. The number of hydrogen-bond donors (Lipinski definition) is 0. The van der Waals surface area contributed by atoms with Gasteiger partial charge < -0.3 is 9.47 Å². The first kappa shape index (κ1) is 17.2. The van der Waals surface area contributed by atoms with Crippen molar-refractivity contribution in [2.45, 2.75) is 6.92 Å². The Labute approximate surface area is 154 Å². The first-order valence-corrected chi connectivity index (χ1v) is 8.46. The van der Waals surface area contributed by atoms with Gasteiger partial charge in [-0.15, -0.1) is 0 Å². The Hall–Kier alpha value is -2.66. The molecule has 0 spiro atoms. The van der Waals surface area contributed by atoms with Crippen LogP contribution in [0.25, 0.3) is 6.08 Å². The number of carbonyl (C=O) groups is 1. The molecule has 1 heterocycles. The second-order valence-corrected chi connectivity index (χ2v) is 6.58. The summed E-state index contributed by atoms with van der Waals surface area (Å²) in [6.07, 6.45) is 1.68. The molecule has 0 aromatic heterocycles. The van der Waals surface area contributed by atoms with Crippen LogP contribution >= 0.6 is 15.9 Å². The van der Waals surface area contributed by atoms with E-state index >= 15 is 0 Å². The Morgan fingerprint density at radius 3 is 2.76 bits per heavy atom. The zero-order valence-corrected chi connectivity index (χ0v) is 15.2. The van der Waals surface area contributed by atoms with Gasteiger partial charge in [-0.1, -0.05) is 34.6 Å². The van der Waals surface area contributed by atoms with E-state index in [9.17, 15) is 4.79 Å². The topological polar surface area (TPSA) is 47.9 Å². The van der Waals surface area contributed by atoms with Gasteiger partial charge in [0.15, 0.2) is 5.70 Å². The molecule has 25 heavy (non-hydrogen) atoms. The monoisotopic (exact) mass is 397 g/mol. The summed E-state index contributed by atoms with van der Waals surface area (Å²) in [6.45, 7) is 6.16. The van der Waals surface area contributed by atoms with Gasteiger partial charge in [-0.25, -0.2) is 9.79 Å². The lowest BCUT2D eigenvalue weighted by molar-refractivity contribution is -0.129. The smallest absolute Gasteiger partial charge is 0.363 e. The molecule has 2 aromatic carbocycles. The van der Waals surface area contributed by atoms with Crippen molar-refractivity contribution in [2.75, 3.05) is 6.61 Å². The van der Waals surface area contributed by atoms with Crippen LogP contribution in [0, 0.1) is 0 Å². The molecule has 0 bridgehead atoms. The predicted octanol–water partition coefficient (Wildman–Crippen LogP) is 4.75. The normalized spacial score (nSPS) is 15.0. The fourth-order valence-electron chi connectivity index (χ4n) is 2.18. The van der Waals surface area contributed by atoms with Crippen molar-refractivity contribution in [1.29, 1.82) is 0 Å². The molecule has 1 aliphatic rings. The van der Waals surface area contributed by atoms with Gasteiger partial charge in [0.05, 0.1) is 0 Å². The highest BCUT2D eigenvalue weighted by Crippen LogP contribution is 2.22. The van der Waals surface area contributed by atoms with E-state index < -0.39 is 5.97 Å². The standard InChI is InChI=1S/C20H16BrNO3/c1-13(2)12-24-17-5-3-4-14(10-17)11-18-20(23)25-19(22-18)15-6-8-16(21)9-7-15/h3-11H,1,12H2,2H3. The number of halogens is 1. The largest absolute Gasteiger partial charge is 0.489 e. The first-order valence-electron chi connectivity index (χ1n) is 7.67.